The van der Waals surface area contributed by atoms with Crippen molar-refractivity contribution in [1.29, 1.82) is 0 Å². The Kier molecular flexibility index (Phi) is 5.79. The number of rotatable bonds is 6. The number of halogens is 2. The van der Waals surface area contributed by atoms with Gasteiger partial charge in [-0.15, -0.1) is 0 Å². The third-order valence-electron chi connectivity index (χ3n) is 6.15. The Labute approximate surface area is 199 Å². The molecule has 10 heteroatoms. The highest BCUT2D eigenvalue weighted by atomic mass is 79.9. The van der Waals surface area contributed by atoms with Crippen molar-refractivity contribution in [3.05, 3.63) is 52.9 Å². The number of benzene rings is 1. The van der Waals surface area contributed by atoms with Crippen LogP contribution >= 0.6 is 15.9 Å². The molecule has 2 aromatic heterocycles. The van der Waals surface area contributed by atoms with Crippen LogP contribution in [0.4, 0.5) is 20.6 Å². The molecule has 33 heavy (non-hydrogen) atoms. The molecule has 0 N–H and O–H groups in total. The van der Waals surface area contributed by atoms with Gasteiger partial charge in [-0.2, -0.15) is 0 Å². The summed E-state index contributed by atoms with van der Waals surface area (Å²) in [5.74, 6) is 0.148. The van der Waals surface area contributed by atoms with Crippen LogP contribution in [0.3, 0.4) is 0 Å². The number of methoxy groups -OCH3 is 1. The van der Waals surface area contributed by atoms with Gasteiger partial charge in [-0.25, -0.2) is 14.2 Å². The molecule has 0 bridgehead atoms. The maximum absolute atomic E-state index is 13.9. The first-order valence-electron chi connectivity index (χ1n) is 10.6. The molecule has 172 valence electrons. The molecule has 0 saturated carbocycles. The Morgan fingerprint density at radius 1 is 1.24 bits per heavy atom. The van der Waals surface area contributed by atoms with Gasteiger partial charge in [0.05, 0.1) is 35.0 Å². The Morgan fingerprint density at radius 2 is 2.06 bits per heavy atom. The minimum atomic E-state index is -0.450. The first-order chi connectivity index (χ1) is 15.9. The Bertz CT molecular complexity index is 1210. The van der Waals surface area contributed by atoms with E-state index in [0.717, 1.165) is 29.8 Å². The van der Waals surface area contributed by atoms with Crippen LogP contribution in [-0.4, -0.2) is 73.4 Å². The number of aromatic nitrogens is 2. The van der Waals surface area contributed by atoms with Crippen molar-refractivity contribution in [2.24, 2.45) is 0 Å². The molecule has 3 aromatic rings. The molecular formula is C23H23BrFN5O3. The lowest BCUT2D eigenvalue weighted by atomic mass is 10.1. The number of ether oxygens (including phenoxy) is 2. The summed E-state index contributed by atoms with van der Waals surface area (Å²) in [5, 5.41) is 0. The van der Waals surface area contributed by atoms with Gasteiger partial charge >= 0.3 is 6.09 Å². The van der Waals surface area contributed by atoms with Gasteiger partial charge in [0.25, 0.3) is 0 Å². The van der Waals surface area contributed by atoms with E-state index >= 15 is 0 Å². The minimum absolute atomic E-state index is 0.282. The maximum Gasteiger partial charge on any atom is 0.414 e. The first kappa shape index (κ1) is 21.8. The number of nitrogens with zero attached hydrogens (tertiary/aromatic N) is 5. The molecule has 2 fully saturated rings. The summed E-state index contributed by atoms with van der Waals surface area (Å²) in [5.41, 5.74) is 3.17. The van der Waals surface area contributed by atoms with E-state index in [0.29, 0.717) is 35.2 Å². The number of hydrogen-bond donors (Lipinski definition) is 0. The molecule has 0 unspecified atom stereocenters. The molecule has 0 aliphatic carbocycles. The maximum atomic E-state index is 13.9. The van der Waals surface area contributed by atoms with Gasteiger partial charge in [0.15, 0.2) is 0 Å². The standard InChI is InChI=1S/C23H23BrFN5O3/c1-28(12-16-13-30(23(31)33-16)14-3-4-17(24)18(25)9-14)15-10-29(11-15)20-7-8-26-19-5-6-21(32-2)27-22(19)20/h3-9,15-16H,10-13H2,1-2H3/t16-/m1/s1. The zero-order valence-electron chi connectivity index (χ0n) is 18.2. The summed E-state index contributed by atoms with van der Waals surface area (Å²) in [6, 6.07) is 10.6. The van der Waals surface area contributed by atoms with Crippen LogP contribution in [0.1, 0.15) is 0 Å². The van der Waals surface area contributed by atoms with Gasteiger partial charge in [0, 0.05) is 37.9 Å². The van der Waals surface area contributed by atoms with E-state index in [1.807, 2.05) is 19.2 Å². The summed E-state index contributed by atoms with van der Waals surface area (Å²) in [6.07, 6.45) is 1.06. The second-order valence-corrected chi connectivity index (χ2v) is 9.12. The molecule has 5 rings (SSSR count). The van der Waals surface area contributed by atoms with Crippen molar-refractivity contribution in [1.82, 2.24) is 14.9 Å². The second-order valence-electron chi connectivity index (χ2n) is 8.26. The molecule has 1 atom stereocenters. The fourth-order valence-electron chi connectivity index (χ4n) is 4.24. The number of fused-ring (bicyclic) bond motifs is 1. The van der Waals surface area contributed by atoms with Gasteiger partial charge < -0.3 is 14.4 Å². The normalized spacial score (nSPS) is 18.7. The van der Waals surface area contributed by atoms with E-state index < -0.39 is 11.9 Å². The number of pyridine rings is 2. The largest absolute Gasteiger partial charge is 0.481 e. The zero-order valence-corrected chi connectivity index (χ0v) is 19.8. The third kappa shape index (κ3) is 4.20. The molecule has 1 amide bonds. The molecule has 2 aliphatic heterocycles. The SMILES string of the molecule is COc1ccc2nccc(N3CC(N(C)C[C@@H]4CN(c5ccc(Br)c(F)c5)C(=O)O4)C3)c2n1. The highest BCUT2D eigenvalue weighted by molar-refractivity contribution is 9.10. The van der Waals surface area contributed by atoms with Crippen molar-refractivity contribution < 1.29 is 18.7 Å². The van der Waals surface area contributed by atoms with Crippen molar-refractivity contribution in [3.8, 4) is 5.88 Å². The molecule has 8 nitrogen and oxygen atoms in total. The van der Waals surface area contributed by atoms with Crippen LogP contribution in [0.25, 0.3) is 11.0 Å². The van der Waals surface area contributed by atoms with Crippen molar-refractivity contribution >= 4 is 44.4 Å². The van der Waals surface area contributed by atoms with E-state index in [4.69, 9.17) is 9.47 Å². The molecule has 0 spiro atoms. The van der Waals surface area contributed by atoms with Crippen LogP contribution in [0.2, 0.25) is 0 Å². The number of carbonyl (C=O) groups excluding carboxylic acids is 1. The number of cyclic esters (lactones) is 1. The van der Waals surface area contributed by atoms with Gasteiger partial charge in [-0.1, -0.05) is 0 Å². The third-order valence-corrected chi connectivity index (χ3v) is 6.80. The Morgan fingerprint density at radius 3 is 2.82 bits per heavy atom. The molecule has 2 aliphatic rings. The van der Waals surface area contributed by atoms with Crippen molar-refractivity contribution in [2.75, 3.05) is 50.1 Å². The lowest BCUT2D eigenvalue weighted by molar-refractivity contribution is 0.0957. The first-order valence-corrected chi connectivity index (χ1v) is 11.4. The van der Waals surface area contributed by atoms with Gasteiger partial charge in [-0.3, -0.25) is 14.8 Å². The Balaban J connectivity index is 1.21. The predicted octanol–water partition coefficient (Wildman–Crippen LogP) is 3.69. The minimum Gasteiger partial charge on any atom is -0.481 e. The fourth-order valence-corrected chi connectivity index (χ4v) is 4.49. The topological polar surface area (TPSA) is 71.0 Å². The van der Waals surface area contributed by atoms with E-state index in [1.54, 1.807) is 31.5 Å². The average molecular weight is 516 g/mol. The van der Waals surface area contributed by atoms with Gasteiger partial charge in [-0.05, 0) is 53.3 Å². The smallest absolute Gasteiger partial charge is 0.414 e. The lowest BCUT2D eigenvalue weighted by Gasteiger charge is -2.45. The van der Waals surface area contributed by atoms with Crippen molar-refractivity contribution in [2.45, 2.75) is 12.1 Å². The fraction of sp³-hybridized carbons (Fsp3) is 0.348. The monoisotopic (exact) mass is 515 g/mol. The number of amides is 1. The molecule has 2 saturated heterocycles. The molecular weight excluding hydrogens is 493 g/mol. The molecule has 1 aromatic carbocycles. The van der Waals surface area contributed by atoms with E-state index in [1.165, 1.54) is 11.0 Å². The number of hydrogen-bond acceptors (Lipinski definition) is 7. The van der Waals surface area contributed by atoms with Crippen LogP contribution in [0.15, 0.2) is 47.1 Å². The van der Waals surface area contributed by atoms with Gasteiger partial charge in [0.2, 0.25) is 5.88 Å². The Hall–Kier alpha value is -2.98. The summed E-state index contributed by atoms with van der Waals surface area (Å²) < 4.78 is 25.1. The molecule has 4 heterocycles. The van der Waals surface area contributed by atoms with E-state index in [9.17, 15) is 9.18 Å². The predicted molar refractivity (Wildman–Crippen MR) is 126 cm³/mol. The van der Waals surface area contributed by atoms with Crippen LogP contribution < -0.4 is 14.5 Å². The zero-order chi connectivity index (χ0) is 23.1. The van der Waals surface area contributed by atoms with E-state index in [-0.39, 0.29) is 6.10 Å². The summed E-state index contributed by atoms with van der Waals surface area (Å²) in [7, 11) is 3.63. The average Bonchev–Trinajstić information content (AvgIpc) is 3.14. The molecule has 0 radical (unpaired) electrons. The number of anilines is 2. The summed E-state index contributed by atoms with van der Waals surface area (Å²) >= 11 is 3.14. The van der Waals surface area contributed by atoms with E-state index in [2.05, 4.69) is 35.7 Å². The van der Waals surface area contributed by atoms with Gasteiger partial charge in [0.1, 0.15) is 17.4 Å². The summed E-state index contributed by atoms with van der Waals surface area (Å²) in [6.45, 7) is 2.65. The lowest BCUT2D eigenvalue weighted by Crippen LogP contribution is -2.59. The number of likely N-dealkylation sites (N-methyl/N-ethyl adjacent to an activating group) is 1. The van der Waals surface area contributed by atoms with Crippen LogP contribution in [0, 0.1) is 5.82 Å². The highest BCUT2D eigenvalue weighted by Gasteiger charge is 2.37. The number of carbonyl (C=O) groups is 1. The quantitative estimate of drug-likeness (QED) is 0.495. The van der Waals surface area contributed by atoms with Crippen molar-refractivity contribution in [3.63, 3.8) is 0 Å². The summed E-state index contributed by atoms with van der Waals surface area (Å²) in [4.78, 5) is 27.3. The second kappa shape index (κ2) is 8.75. The highest BCUT2D eigenvalue weighted by Crippen LogP contribution is 2.31. The van der Waals surface area contributed by atoms with Crippen LogP contribution in [0.5, 0.6) is 5.88 Å². The van der Waals surface area contributed by atoms with Crippen LogP contribution in [-0.2, 0) is 4.74 Å².